The Labute approximate surface area is 119 Å². The van der Waals surface area contributed by atoms with Crippen molar-refractivity contribution in [2.75, 3.05) is 17.3 Å². The maximum Gasteiger partial charge on any atom is 0.240 e. The molecule has 0 saturated heterocycles. The van der Waals surface area contributed by atoms with Gasteiger partial charge in [-0.05, 0) is 31.0 Å². The molecule has 7 heteroatoms. The zero-order chi connectivity index (χ0) is 13.8. The Hall–Kier alpha value is -1.11. The van der Waals surface area contributed by atoms with E-state index in [1.807, 2.05) is 0 Å². The topological polar surface area (TPSA) is 89.3 Å². The van der Waals surface area contributed by atoms with Crippen LogP contribution in [0.2, 0.25) is 0 Å². The molecule has 1 aromatic rings. The quantitative estimate of drug-likeness (QED) is 0.848. The Balaban J connectivity index is 0.00000324. The summed E-state index contributed by atoms with van der Waals surface area (Å²) in [4.78, 5) is 11.3. The van der Waals surface area contributed by atoms with E-state index in [0.29, 0.717) is 12.1 Å². The van der Waals surface area contributed by atoms with Crippen molar-refractivity contribution < 1.29 is 13.2 Å². The number of amides is 1. The maximum atomic E-state index is 11.3. The number of nitrogens with one attached hydrogen (secondary N) is 1. The molecule has 0 aliphatic carbocycles. The highest BCUT2D eigenvalue weighted by molar-refractivity contribution is 7.90. The fourth-order valence-electron chi connectivity index (χ4n) is 1.31. The molecule has 1 amide bonds. The van der Waals surface area contributed by atoms with Gasteiger partial charge in [-0.1, -0.05) is 12.1 Å². The summed E-state index contributed by atoms with van der Waals surface area (Å²) in [6.07, 6.45) is 1.69. The van der Waals surface area contributed by atoms with Crippen LogP contribution in [-0.2, 0) is 21.1 Å². The highest BCUT2D eigenvalue weighted by Gasteiger charge is 2.07. The number of benzene rings is 1. The number of sulfone groups is 1. The predicted octanol–water partition coefficient (Wildman–Crippen LogP) is 0.981. The summed E-state index contributed by atoms with van der Waals surface area (Å²) in [5.41, 5.74) is 7.00. The van der Waals surface area contributed by atoms with Crippen LogP contribution in [0.4, 0.5) is 5.69 Å². The molecule has 1 rings (SSSR count). The Morgan fingerprint density at radius 3 is 2.26 bits per heavy atom. The van der Waals surface area contributed by atoms with Crippen LogP contribution in [0, 0.1) is 0 Å². The van der Waals surface area contributed by atoms with E-state index < -0.39 is 15.9 Å². The van der Waals surface area contributed by atoms with Crippen molar-refractivity contribution in [3.8, 4) is 0 Å². The Bertz CT molecular complexity index is 512. The van der Waals surface area contributed by atoms with Crippen molar-refractivity contribution in [1.29, 1.82) is 0 Å². The summed E-state index contributed by atoms with van der Waals surface area (Å²) in [5.74, 6) is -0.127. The molecule has 0 aromatic heterocycles. The van der Waals surface area contributed by atoms with Gasteiger partial charge in [0.25, 0.3) is 0 Å². The SMILES string of the molecule is C[C@@H](N)C(=O)Nc1ccc(CCS(C)(=O)=O)cc1.Cl. The standard InChI is InChI=1S/C12H18N2O3S.ClH/c1-9(13)12(15)14-11-5-3-10(4-6-11)7-8-18(2,16)17;/h3-6,9H,7-8,13H2,1-2H3,(H,14,15);1H/t9-;/m1./s1. The van der Waals surface area contributed by atoms with Crippen LogP contribution in [0.25, 0.3) is 0 Å². The predicted molar refractivity (Wildman–Crippen MR) is 79.4 cm³/mol. The summed E-state index contributed by atoms with van der Waals surface area (Å²) in [7, 11) is -2.95. The van der Waals surface area contributed by atoms with E-state index in [2.05, 4.69) is 5.32 Å². The molecule has 0 fully saturated rings. The number of anilines is 1. The van der Waals surface area contributed by atoms with Gasteiger partial charge >= 0.3 is 0 Å². The zero-order valence-corrected chi connectivity index (χ0v) is 12.6. The molecule has 0 radical (unpaired) electrons. The van der Waals surface area contributed by atoms with Crippen molar-refractivity contribution in [3.05, 3.63) is 29.8 Å². The molecule has 3 N–H and O–H groups in total. The van der Waals surface area contributed by atoms with Crippen molar-refractivity contribution in [3.63, 3.8) is 0 Å². The minimum absolute atomic E-state index is 0. The normalized spacial score (nSPS) is 12.4. The van der Waals surface area contributed by atoms with Gasteiger partial charge in [0, 0.05) is 11.9 Å². The lowest BCUT2D eigenvalue weighted by molar-refractivity contribution is -0.117. The van der Waals surface area contributed by atoms with Crippen LogP contribution < -0.4 is 11.1 Å². The molecule has 0 unspecified atom stereocenters. The number of nitrogens with two attached hydrogens (primary N) is 1. The van der Waals surface area contributed by atoms with Crippen molar-refractivity contribution in [2.24, 2.45) is 5.73 Å². The Morgan fingerprint density at radius 2 is 1.84 bits per heavy atom. The van der Waals surface area contributed by atoms with E-state index in [1.54, 1.807) is 31.2 Å². The van der Waals surface area contributed by atoms with Gasteiger partial charge in [-0.2, -0.15) is 0 Å². The van der Waals surface area contributed by atoms with Crippen LogP contribution in [0.5, 0.6) is 0 Å². The third-order valence-corrected chi connectivity index (χ3v) is 3.34. The van der Waals surface area contributed by atoms with Gasteiger partial charge in [0.2, 0.25) is 5.91 Å². The number of hydrogen-bond acceptors (Lipinski definition) is 4. The van der Waals surface area contributed by atoms with Gasteiger partial charge in [0.05, 0.1) is 11.8 Å². The van der Waals surface area contributed by atoms with Gasteiger partial charge in [0.15, 0.2) is 0 Å². The number of aryl methyl sites for hydroxylation is 1. The molecule has 1 atom stereocenters. The first-order valence-corrected chi connectivity index (χ1v) is 7.67. The van der Waals surface area contributed by atoms with Crippen molar-refractivity contribution in [1.82, 2.24) is 0 Å². The maximum absolute atomic E-state index is 11.3. The average molecular weight is 307 g/mol. The fourth-order valence-corrected chi connectivity index (χ4v) is 1.92. The molecule has 1 aromatic carbocycles. The molecule has 0 aliphatic heterocycles. The zero-order valence-electron chi connectivity index (χ0n) is 10.9. The van der Waals surface area contributed by atoms with Crippen molar-refractivity contribution in [2.45, 2.75) is 19.4 Å². The molecule has 0 heterocycles. The van der Waals surface area contributed by atoms with E-state index in [4.69, 9.17) is 5.73 Å². The van der Waals surface area contributed by atoms with Gasteiger partial charge < -0.3 is 11.1 Å². The number of halogens is 1. The highest BCUT2D eigenvalue weighted by Crippen LogP contribution is 2.10. The lowest BCUT2D eigenvalue weighted by Gasteiger charge is -2.08. The monoisotopic (exact) mass is 306 g/mol. The summed E-state index contributed by atoms with van der Waals surface area (Å²) in [5, 5.41) is 2.66. The van der Waals surface area contributed by atoms with Gasteiger partial charge in [-0.15, -0.1) is 12.4 Å². The summed E-state index contributed by atoms with van der Waals surface area (Å²) >= 11 is 0. The first kappa shape index (κ1) is 17.9. The summed E-state index contributed by atoms with van der Waals surface area (Å²) in [6.45, 7) is 1.61. The first-order valence-electron chi connectivity index (χ1n) is 5.61. The molecule has 19 heavy (non-hydrogen) atoms. The largest absolute Gasteiger partial charge is 0.325 e. The molecular formula is C12H19ClN2O3S. The van der Waals surface area contributed by atoms with Gasteiger partial charge in [-0.3, -0.25) is 4.79 Å². The second-order valence-electron chi connectivity index (χ2n) is 4.35. The van der Waals surface area contributed by atoms with E-state index in [-0.39, 0.29) is 24.1 Å². The molecule has 5 nitrogen and oxygen atoms in total. The van der Waals surface area contributed by atoms with Crippen LogP contribution in [0.3, 0.4) is 0 Å². The number of carbonyl (C=O) groups is 1. The van der Waals surface area contributed by atoms with Crippen LogP contribution >= 0.6 is 12.4 Å². The van der Waals surface area contributed by atoms with E-state index >= 15 is 0 Å². The first-order chi connectivity index (χ1) is 8.28. The van der Waals surface area contributed by atoms with Crippen LogP contribution in [0.15, 0.2) is 24.3 Å². The molecular weight excluding hydrogens is 288 g/mol. The molecule has 0 bridgehead atoms. The Morgan fingerprint density at radius 1 is 1.32 bits per heavy atom. The molecule has 0 aliphatic rings. The minimum Gasteiger partial charge on any atom is -0.325 e. The summed E-state index contributed by atoms with van der Waals surface area (Å²) < 4.78 is 22.0. The van der Waals surface area contributed by atoms with Gasteiger partial charge in [0.1, 0.15) is 9.84 Å². The number of hydrogen-bond donors (Lipinski definition) is 2. The fraction of sp³-hybridized carbons (Fsp3) is 0.417. The third-order valence-electron chi connectivity index (χ3n) is 2.40. The minimum atomic E-state index is -2.95. The van der Waals surface area contributed by atoms with E-state index in [0.717, 1.165) is 5.56 Å². The lowest BCUT2D eigenvalue weighted by atomic mass is 10.1. The number of carbonyl (C=O) groups excluding carboxylic acids is 1. The van der Waals surface area contributed by atoms with Crippen LogP contribution in [0.1, 0.15) is 12.5 Å². The lowest BCUT2D eigenvalue weighted by Crippen LogP contribution is -2.32. The number of rotatable bonds is 5. The van der Waals surface area contributed by atoms with E-state index in [1.165, 1.54) is 6.26 Å². The average Bonchev–Trinajstić information content (AvgIpc) is 2.27. The molecule has 108 valence electrons. The third kappa shape index (κ3) is 7.15. The smallest absolute Gasteiger partial charge is 0.240 e. The molecule has 0 spiro atoms. The van der Waals surface area contributed by atoms with Crippen LogP contribution in [-0.4, -0.2) is 32.4 Å². The highest BCUT2D eigenvalue weighted by atomic mass is 35.5. The summed E-state index contributed by atoms with van der Waals surface area (Å²) in [6, 6.07) is 6.50. The molecule has 0 saturated carbocycles. The van der Waals surface area contributed by atoms with Gasteiger partial charge in [-0.25, -0.2) is 8.42 Å². The van der Waals surface area contributed by atoms with E-state index in [9.17, 15) is 13.2 Å². The second-order valence-corrected chi connectivity index (χ2v) is 6.61. The van der Waals surface area contributed by atoms with Crippen molar-refractivity contribution >= 4 is 33.8 Å². The Kier molecular flexibility index (Phi) is 7.04. The second kappa shape index (κ2) is 7.47.